The Hall–Kier alpha value is -3.16. The molecule has 1 aromatic carbocycles. The van der Waals surface area contributed by atoms with Gasteiger partial charge in [0, 0.05) is 22.7 Å². The highest BCUT2D eigenvalue weighted by Gasteiger charge is 2.47. The molecule has 2 atom stereocenters. The van der Waals surface area contributed by atoms with Crippen LogP contribution < -0.4 is 5.32 Å². The number of imide groups is 1. The molecule has 0 radical (unpaired) electrons. The van der Waals surface area contributed by atoms with Crippen molar-refractivity contribution in [2.24, 2.45) is 0 Å². The fourth-order valence-electron chi connectivity index (χ4n) is 3.04. The van der Waals surface area contributed by atoms with Crippen LogP contribution in [0.5, 0.6) is 0 Å². The van der Waals surface area contributed by atoms with Gasteiger partial charge in [-0.15, -0.1) is 0 Å². The predicted molar refractivity (Wildman–Crippen MR) is 97.1 cm³/mol. The third-order valence-corrected chi connectivity index (χ3v) is 4.87. The average Bonchev–Trinajstić information content (AvgIpc) is 3.16. The number of aromatic nitrogens is 1. The number of fused-ring (bicyclic) bond motifs is 1. The standard InChI is InChI=1S/C19H21N3O5/c1-4-19(3)17(25)22(18(26)21-19)10-15(23)27-11(2)16(24)13-9-20-14-8-6-5-7-12(13)14/h5-9,11,20H,4,10H2,1-3H3,(H,21,26)/t11-,19-/m1/s1. The molecule has 3 rings (SSSR count). The first-order chi connectivity index (χ1) is 12.8. The van der Waals surface area contributed by atoms with Crippen molar-refractivity contribution < 1.29 is 23.9 Å². The molecule has 0 aliphatic carbocycles. The van der Waals surface area contributed by atoms with E-state index in [1.54, 1.807) is 26.1 Å². The van der Waals surface area contributed by atoms with Crippen molar-refractivity contribution in [1.82, 2.24) is 15.2 Å². The number of para-hydroxylation sites is 1. The zero-order valence-corrected chi connectivity index (χ0v) is 15.4. The SMILES string of the molecule is CC[C@@]1(C)NC(=O)N(CC(=O)O[C@H](C)C(=O)c2c[nH]c3ccccc23)C1=O. The van der Waals surface area contributed by atoms with Crippen LogP contribution in [0.15, 0.2) is 30.5 Å². The van der Waals surface area contributed by atoms with Gasteiger partial charge in [0.15, 0.2) is 6.10 Å². The molecule has 0 spiro atoms. The molecule has 0 bridgehead atoms. The van der Waals surface area contributed by atoms with Crippen LogP contribution in [0, 0.1) is 0 Å². The molecule has 0 unspecified atom stereocenters. The number of carbonyl (C=O) groups is 4. The van der Waals surface area contributed by atoms with Crippen molar-refractivity contribution in [2.75, 3.05) is 6.54 Å². The summed E-state index contributed by atoms with van der Waals surface area (Å²) in [4.78, 5) is 52.9. The normalized spacial score (nSPS) is 20.6. The molecule has 1 aromatic heterocycles. The molecule has 1 aliphatic rings. The Morgan fingerprint density at radius 3 is 2.63 bits per heavy atom. The van der Waals surface area contributed by atoms with Crippen molar-refractivity contribution in [3.8, 4) is 0 Å². The van der Waals surface area contributed by atoms with E-state index >= 15 is 0 Å². The molecule has 27 heavy (non-hydrogen) atoms. The second-order valence-electron chi connectivity index (χ2n) is 6.75. The number of rotatable bonds is 6. The van der Waals surface area contributed by atoms with Gasteiger partial charge in [0.05, 0.1) is 0 Å². The highest BCUT2D eigenvalue weighted by atomic mass is 16.5. The van der Waals surface area contributed by atoms with Gasteiger partial charge in [0.25, 0.3) is 5.91 Å². The Labute approximate surface area is 155 Å². The fourth-order valence-corrected chi connectivity index (χ4v) is 3.04. The first-order valence-electron chi connectivity index (χ1n) is 8.70. The van der Waals surface area contributed by atoms with Gasteiger partial charge < -0.3 is 15.0 Å². The van der Waals surface area contributed by atoms with Crippen LogP contribution >= 0.6 is 0 Å². The number of carbonyl (C=O) groups excluding carboxylic acids is 4. The Bertz CT molecular complexity index is 934. The van der Waals surface area contributed by atoms with Gasteiger partial charge in [-0.3, -0.25) is 19.3 Å². The molecule has 8 nitrogen and oxygen atoms in total. The maximum Gasteiger partial charge on any atom is 0.326 e. The first-order valence-corrected chi connectivity index (χ1v) is 8.70. The quantitative estimate of drug-likeness (QED) is 0.459. The van der Waals surface area contributed by atoms with E-state index in [1.807, 2.05) is 18.2 Å². The van der Waals surface area contributed by atoms with Gasteiger partial charge in [0.1, 0.15) is 12.1 Å². The lowest BCUT2D eigenvalue weighted by atomic mass is 9.99. The van der Waals surface area contributed by atoms with Crippen molar-refractivity contribution >= 4 is 34.6 Å². The van der Waals surface area contributed by atoms with Crippen molar-refractivity contribution in [3.63, 3.8) is 0 Å². The lowest BCUT2D eigenvalue weighted by molar-refractivity contribution is -0.149. The zero-order chi connectivity index (χ0) is 19.8. The molecule has 1 aliphatic heterocycles. The second-order valence-corrected chi connectivity index (χ2v) is 6.75. The van der Waals surface area contributed by atoms with E-state index in [4.69, 9.17) is 4.74 Å². The smallest absolute Gasteiger partial charge is 0.326 e. The zero-order valence-electron chi connectivity index (χ0n) is 15.4. The predicted octanol–water partition coefficient (Wildman–Crippen LogP) is 2.00. The van der Waals surface area contributed by atoms with E-state index in [0.29, 0.717) is 12.0 Å². The summed E-state index contributed by atoms with van der Waals surface area (Å²) in [5.41, 5.74) is 0.194. The second kappa shape index (κ2) is 6.86. The number of amides is 3. The number of Topliss-reactive ketones (excluding diaryl/α,β-unsaturated/α-hetero) is 1. The number of hydrogen-bond donors (Lipinski definition) is 2. The summed E-state index contributed by atoms with van der Waals surface area (Å²) in [6.07, 6.45) is 0.926. The summed E-state index contributed by atoms with van der Waals surface area (Å²) < 4.78 is 5.17. The number of esters is 1. The molecule has 8 heteroatoms. The van der Waals surface area contributed by atoms with E-state index < -0.39 is 36.1 Å². The van der Waals surface area contributed by atoms with E-state index in [0.717, 1.165) is 15.8 Å². The lowest BCUT2D eigenvalue weighted by Crippen LogP contribution is -2.43. The Morgan fingerprint density at radius 1 is 1.26 bits per heavy atom. The van der Waals surface area contributed by atoms with Crippen molar-refractivity contribution in [3.05, 3.63) is 36.0 Å². The van der Waals surface area contributed by atoms with E-state index in [-0.39, 0.29) is 5.78 Å². The third kappa shape index (κ3) is 3.30. The summed E-state index contributed by atoms with van der Waals surface area (Å²) in [5.74, 6) is -1.67. The Morgan fingerprint density at radius 2 is 1.96 bits per heavy atom. The van der Waals surface area contributed by atoms with Crippen LogP contribution in [-0.2, 0) is 14.3 Å². The van der Waals surface area contributed by atoms with Gasteiger partial charge in [-0.1, -0.05) is 25.1 Å². The Kier molecular flexibility index (Phi) is 4.73. The van der Waals surface area contributed by atoms with Gasteiger partial charge in [-0.05, 0) is 26.3 Å². The molecule has 2 heterocycles. The molecular weight excluding hydrogens is 350 g/mol. The minimum Gasteiger partial charge on any atom is -0.453 e. The molecule has 142 valence electrons. The average molecular weight is 371 g/mol. The van der Waals surface area contributed by atoms with Crippen molar-refractivity contribution in [1.29, 1.82) is 0 Å². The molecule has 3 amide bonds. The summed E-state index contributed by atoms with van der Waals surface area (Å²) in [5, 5.41) is 3.30. The maximum atomic E-state index is 12.6. The van der Waals surface area contributed by atoms with Gasteiger partial charge >= 0.3 is 12.0 Å². The summed E-state index contributed by atoms with van der Waals surface area (Å²) >= 11 is 0. The largest absolute Gasteiger partial charge is 0.453 e. The van der Waals surface area contributed by atoms with Gasteiger partial charge in [-0.2, -0.15) is 0 Å². The van der Waals surface area contributed by atoms with Crippen LogP contribution in [0.4, 0.5) is 4.79 Å². The highest BCUT2D eigenvalue weighted by molar-refractivity contribution is 6.11. The number of urea groups is 1. The molecule has 1 fully saturated rings. The van der Waals surface area contributed by atoms with Crippen molar-refractivity contribution in [2.45, 2.75) is 38.8 Å². The topological polar surface area (TPSA) is 109 Å². The minimum atomic E-state index is -1.05. The van der Waals surface area contributed by atoms with E-state index in [1.165, 1.54) is 6.92 Å². The first kappa shape index (κ1) is 18.6. The molecular formula is C19H21N3O5. The molecule has 0 saturated carbocycles. The number of hydrogen-bond acceptors (Lipinski definition) is 5. The minimum absolute atomic E-state index is 0.364. The van der Waals surface area contributed by atoms with Crippen LogP contribution in [0.2, 0.25) is 0 Å². The number of nitrogens with one attached hydrogen (secondary N) is 2. The van der Waals surface area contributed by atoms with Gasteiger partial charge in [-0.25, -0.2) is 4.79 Å². The van der Waals surface area contributed by atoms with Crippen LogP contribution in [0.3, 0.4) is 0 Å². The summed E-state index contributed by atoms with van der Waals surface area (Å²) in [6.45, 7) is 4.29. The van der Waals surface area contributed by atoms with Crippen LogP contribution in [0.25, 0.3) is 10.9 Å². The number of H-pyrrole nitrogens is 1. The lowest BCUT2D eigenvalue weighted by Gasteiger charge is -2.19. The molecule has 2 N–H and O–H groups in total. The van der Waals surface area contributed by atoms with Gasteiger partial charge in [0.2, 0.25) is 5.78 Å². The number of nitrogens with zero attached hydrogens (tertiary/aromatic N) is 1. The fraction of sp³-hybridized carbons (Fsp3) is 0.368. The Balaban J connectivity index is 1.66. The third-order valence-electron chi connectivity index (χ3n) is 4.87. The molecule has 2 aromatic rings. The number of ketones is 1. The number of ether oxygens (including phenoxy) is 1. The monoisotopic (exact) mass is 371 g/mol. The van der Waals surface area contributed by atoms with E-state index in [2.05, 4.69) is 10.3 Å². The maximum absolute atomic E-state index is 12.6. The number of benzene rings is 1. The van der Waals surface area contributed by atoms with E-state index in [9.17, 15) is 19.2 Å². The summed E-state index contributed by atoms with van der Waals surface area (Å²) in [7, 11) is 0. The highest BCUT2D eigenvalue weighted by Crippen LogP contribution is 2.22. The van der Waals surface area contributed by atoms with Crippen LogP contribution in [0.1, 0.15) is 37.6 Å². The summed E-state index contributed by atoms with van der Waals surface area (Å²) in [6, 6.07) is 6.65. The number of aromatic amines is 1. The molecule has 1 saturated heterocycles. The van der Waals surface area contributed by atoms with Crippen LogP contribution in [-0.4, -0.2) is 51.8 Å².